The number of thioether (sulfide) groups is 1. The summed E-state index contributed by atoms with van der Waals surface area (Å²) in [6.45, 7) is 1.96. The third-order valence-electron chi connectivity index (χ3n) is 3.77. The zero-order chi connectivity index (χ0) is 17.3. The molecule has 3 rings (SSSR count). The summed E-state index contributed by atoms with van der Waals surface area (Å²) in [6.07, 6.45) is 1.71. The molecule has 0 radical (unpaired) electrons. The normalized spacial score (nSPS) is 17.6. The molecule has 0 saturated carbocycles. The Morgan fingerprint density at radius 1 is 1.08 bits per heavy atom. The fourth-order valence-corrected chi connectivity index (χ4v) is 4.38. The van der Waals surface area contributed by atoms with E-state index < -0.39 is 0 Å². The smallest absolute Gasteiger partial charge is 0.266 e. The molecule has 0 aliphatic carbocycles. The van der Waals surface area contributed by atoms with E-state index in [9.17, 15) is 4.79 Å². The van der Waals surface area contributed by atoms with E-state index >= 15 is 0 Å². The van der Waals surface area contributed by atoms with Gasteiger partial charge in [-0.2, -0.15) is 0 Å². The van der Waals surface area contributed by atoms with Crippen LogP contribution in [0.2, 0.25) is 10.0 Å². The Morgan fingerprint density at radius 3 is 2.33 bits per heavy atom. The van der Waals surface area contributed by atoms with Gasteiger partial charge >= 0.3 is 0 Å². The van der Waals surface area contributed by atoms with Gasteiger partial charge in [-0.3, -0.25) is 9.69 Å². The van der Waals surface area contributed by atoms with Crippen molar-refractivity contribution in [3.8, 4) is 0 Å². The number of nitrogens with zero attached hydrogens (tertiary/aromatic N) is 1. The Morgan fingerprint density at radius 2 is 1.71 bits per heavy atom. The number of hydrogen-bond donors (Lipinski definition) is 0. The van der Waals surface area contributed by atoms with Gasteiger partial charge in [-0.25, -0.2) is 0 Å². The average Bonchev–Trinajstić information content (AvgIpc) is 2.85. The molecule has 0 bridgehead atoms. The summed E-state index contributed by atoms with van der Waals surface area (Å²) in [4.78, 5) is 15.0. The van der Waals surface area contributed by atoms with Crippen LogP contribution in [0.25, 0.3) is 6.08 Å². The first-order valence-corrected chi connectivity index (χ1v) is 9.23. The number of carbonyl (C=O) groups excluding carboxylic acids is 1. The molecule has 1 atom stereocenters. The molecule has 2 aromatic rings. The van der Waals surface area contributed by atoms with Crippen molar-refractivity contribution in [3.05, 3.63) is 74.6 Å². The molecule has 1 aliphatic heterocycles. The summed E-state index contributed by atoms with van der Waals surface area (Å²) in [5, 5.41) is 1.01. The van der Waals surface area contributed by atoms with Crippen molar-refractivity contribution in [1.29, 1.82) is 0 Å². The summed E-state index contributed by atoms with van der Waals surface area (Å²) in [6, 6.07) is 14.9. The van der Waals surface area contributed by atoms with Gasteiger partial charge in [0.2, 0.25) is 0 Å². The lowest BCUT2D eigenvalue weighted by Gasteiger charge is -2.23. The van der Waals surface area contributed by atoms with E-state index in [2.05, 4.69) is 0 Å². The molecule has 0 N–H and O–H groups in total. The van der Waals surface area contributed by atoms with E-state index in [0.29, 0.717) is 24.8 Å². The van der Waals surface area contributed by atoms with Gasteiger partial charge in [0.05, 0.1) is 10.9 Å². The third-order valence-corrected chi connectivity index (χ3v) is 5.76. The monoisotopic (exact) mass is 393 g/mol. The molecule has 0 aromatic heterocycles. The molecule has 122 valence electrons. The molecule has 1 unspecified atom stereocenters. The molecule has 2 aromatic carbocycles. The topological polar surface area (TPSA) is 20.3 Å². The SMILES string of the molecule is CC(c1ccccc1)N1C(=O)C(=Cc2c(Cl)cccc2Cl)SC1=S. The summed E-state index contributed by atoms with van der Waals surface area (Å²) < 4.78 is 0.533. The first-order valence-electron chi connectivity index (χ1n) is 7.25. The van der Waals surface area contributed by atoms with Crippen LogP contribution in [0.3, 0.4) is 0 Å². The second kappa shape index (κ2) is 7.28. The lowest BCUT2D eigenvalue weighted by molar-refractivity contribution is -0.123. The van der Waals surface area contributed by atoms with E-state index in [4.69, 9.17) is 35.4 Å². The highest BCUT2D eigenvalue weighted by atomic mass is 35.5. The van der Waals surface area contributed by atoms with Gasteiger partial charge in [0.25, 0.3) is 5.91 Å². The zero-order valence-electron chi connectivity index (χ0n) is 12.7. The minimum absolute atomic E-state index is 0.127. The summed E-state index contributed by atoms with van der Waals surface area (Å²) in [5.74, 6) is -0.127. The van der Waals surface area contributed by atoms with Crippen molar-refractivity contribution in [3.63, 3.8) is 0 Å². The number of hydrogen-bond acceptors (Lipinski definition) is 3. The third kappa shape index (κ3) is 3.38. The fraction of sp³-hybridized carbons (Fsp3) is 0.111. The van der Waals surface area contributed by atoms with Crippen LogP contribution >= 0.6 is 47.2 Å². The number of thiocarbonyl (C=S) groups is 1. The van der Waals surface area contributed by atoms with Crippen molar-refractivity contribution in [2.24, 2.45) is 0 Å². The second-order valence-corrected chi connectivity index (χ2v) is 7.76. The summed E-state index contributed by atoms with van der Waals surface area (Å²) in [5.41, 5.74) is 1.67. The Hall–Kier alpha value is -1.33. The lowest BCUT2D eigenvalue weighted by atomic mass is 10.1. The van der Waals surface area contributed by atoms with Gasteiger partial charge in [-0.1, -0.05) is 83.6 Å². The van der Waals surface area contributed by atoms with Crippen LogP contribution in [0.4, 0.5) is 0 Å². The predicted octanol–water partition coefficient (Wildman–Crippen LogP) is 5.96. The highest BCUT2D eigenvalue weighted by molar-refractivity contribution is 8.26. The van der Waals surface area contributed by atoms with E-state index in [1.165, 1.54) is 11.8 Å². The molecule has 1 heterocycles. The largest absolute Gasteiger partial charge is 0.286 e. The maximum absolute atomic E-state index is 12.8. The van der Waals surface area contributed by atoms with Crippen molar-refractivity contribution >= 4 is 63.5 Å². The Bertz CT molecular complexity index is 816. The van der Waals surface area contributed by atoms with E-state index in [0.717, 1.165) is 5.56 Å². The molecule has 24 heavy (non-hydrogen) atoms. The standard InChI is InChI=1S/C18H13Cl2NOS2/c1-11(12-6-3-2-4-7-12)21-17(22)16(24-18(21)23)10-13-14(19)8-5-9-15(13)20/h2-11H,1H3. The maximum atomic E-state index is 12.8. The molecule has 2 nitrogen and oxygen atoms in total. The van der Waals surface area contributed by atoms with Gasteiger partial charge in [-0.05, 0) is 30.7 Å². The summed E-state index contributed by atoms with van der Waals surface area (Å²) in [7, 11) is 0. The Balaban J connectivity index is 1.94. The molecule has 6 heteroatoms. The van der Waals surface area contributed by atoms with Crippen LogP contribution in [-0.2, 0) is 4.79 Å². The van der Waals surface area contributed by atoms with Crippen molar-refractivity contribution in [1.82, 2.24) is 4.90 Å². The molecule has 1 aliphatic rings. The average molecular weight is 394 g/mol. The van der Waals surface area contributed by atoms with Crippen LogP contribution in [0.1, 0.15) is 24.1 Å². The molecular formula is C18H13Cl2NOS2. The minimum atomic E-state index is -0.133. The van der Waals surface area contributed by atoms with E-state index in [-0.39, 0.29) is 11.9 Å². The zero-order valence-corrected chi connectivity index (χ0v) is 15.8. The first kappa shape index (κ1) is 17.5. The van der Waals surface area contributed by atoms with E-state index in [1.807, 2.05) is 37.3 Å². The highest BCUT2D eigenvalue weighted by Crippen LogP contribution is 2.39. The van der Waals surface area contributed by atoms with Crippen molar-refractivity contribution < 1.29 is 4.79 Å². The van der Waals surface area contributed by atoms with Crippen molar-refractivity contribution in [2.45, 2.75) is 13.0 Å². The first-order chi connectivity index (χ1) is 11.5. The Kier molecular flexibility index (Phi) is 5.30. The van der Waals surface area contributed by atoms with E-state index in [1.54, 1.807) is 29.2 Å². The van der Waals surface area contributed by atoms with Gasteiger partial charge in [0.15, 0.2) is 0 Å². The van der Waals surface area contributed by atoms with Crippen LogP contribution in [-0.4, -0.2) is 15.1 Å². The lowest BCUT2D eigenvalue weighted by Crippen LogP contribution is -2.30. The van der Waals surface area contributed by atoms with Crippen molar-refractivity contribution in [2.75, 3.05) is 0 Å². The number of benzene rings is 2. The quantitative estimate of drug-likeness (QED) is 0.474. The van der Waals surface area contributed by atoms with Crippen LogP contribution in [0, 0.1) is 0 Å². The molecule has 0 spiro atoms. The fourth-order valence-electron chi connectivity index (χ4n) is 2.47. The van der Waals surface area contributed by atoms with Gasteiger partial charge in [0, 0.05) is 15.6 Å². The number of amides is 1. The molecule has 1 amide bonds. The minimum Gasteiger partial charge on any atom is -0.286 e. The van der Waals surface area contributed by atoms with Gasteiger partial charge < -0.3 is 0 Å². The molecule has 1 fully saturated rings. The Labute approximate surface area is 160 Å². The molecular weight excluding hydrogens is 381 g/mol. The molecule has 1 saturated heterocycles. The van der Waals surface area contributed by atoms with Gasteiger partial charge in [-0.15, -0.1) is 0 Å². The number of rotatable bonds is 3. The maximum Gasteiger partial charge on any atom is 0.266 e. The summed E-state index contributed by atoms with van der Waals surface area (Å²) >= 11 is 19.1. The highest BCUT2D eigenvalue weighted by Gasteiger charge is 2.36. The number of halogens is 2. The van der Waals surface area contributed by atoms with Crippen LogP contribution in [0.15, 0.2) is 53.4 Å². The second-order valence-electron chi connectivity index (χ2n) is 5.27. The number of carbonyl (C=O) groups is 1. The van der Waals surface area contributed by atoms with Gasteiger partial charge in [0.1, 0.15) is 4.32 Å². The van der Waals surface area contributed by atoms with Crippen LogP contribution in [0.5, 0.6) is 0 Å². The van der Waals surface area contributed by atoms with Crippen LogP contribution < -0.4 is 0 Å². The predicted molar refractivity (Wildman–Crippen MR) is 106 cm³/mol.